The molecule has 3 rings (SSSR count). The van der Waals surface area contributed by atoms with Gasteiger partial charge in [-0.2, -0.15) is 4.31 Å². The van der Waals surface area contributed by atoms with E-state index in [9.17, 15) is 22.4 Å². The molecule has 1 heterocycles. The molecule has 0 aliphatic carbocycles. The number of nitrogens with zero attached hydrogens (tertiary/aromatic N) is 1. The zero-order chi connectivity index (χ0) is 21.7. The second-order valence-electron chi connectivity index (χ2n) is 6.87. The van der Waals surface area contributed by atoms with Crippen LogP contribution in [0.4, 0.5) is 10.1 Å². The number of anilines is 1. The smallest absolute Gasteiger partial charge is 0.338 e. The van der Waals surface area contributed by atoms with E-state index in [0.29, 0.717) is 24.9 Å². The van der Waals surface area contributed by atoms with Crippen molar-refractivity contribution in [3.05, 3.63) is 59.9 Å². The van der Waals surface area contributed by atoms with Crippen LogP contribution in [0.3, 0.4) is 0 Å². The number of carbonyl (C=O) groups is 2. The van der Waals surface area contributed by atoms with Gasteiger partial charge in [0.1, 0.15) is 11.9 Å². The number of hydrogen-bond acceptors (Lipinski definition) is 5. The van der Waals surface area contributed by atoms with Crippen molar-refractivity contribution in [2.75, 3.05) is 18.5 Å². The van der Waals surface area contributed by atoms with Crippen molar-refractivity contribution in [1.82, 2.24) is 4.31 Å². The Morgan fingerprint density at radius 2 is 1.90 bits per heavy atom. The fourth-order valence-corrected chi connectivity index (χ4v) is 5.02. The van der Waals surface area contributed by atoms with Gasteiger partial charge in [-0.25, -0.2) is 17.6 Å². The third-order valence-corrected chi connectivity index (χ3v) is 6.74. The normalized spacial score (nSPS) is 17.3. The van der Waals surface area contributed by atoms with Crippen LogP contribution >= 0.6 is 0 Å². The Labute approximate surface area is 174 Å². The minimum Gasteiger partial charge on any atom is -0.462 e. The van der Waals surface area contributed by atoms with Crippen LogP contribution in [0.15, 0.2) is 53.4 Å². The monoisotopic (exact) mass is 434 g/mol. The third-order valence-electron chi connectivity index (χ3n) is 4.82. The highest BCUT2D eigenvalue weighted by Gasteiger charge is 2.37. The largest absolute Gasteiger partial charge is 0.462 e. The predicted molar refractivity (Wildman–Crippen MR) is 109 cm³/mol. The lowest BCUT2D eigenvalue weighted by molar-refractivity contribution is -0.120. The molecular formula is C21H23FN2O5S. The molecule has 0 spiro atoms. The number of amides is 1. The molecule has 2 aromatic rings. The number of sulfonamides is 1. The van der Waals surface area contributed by atoms with Gasteiger partial charge >= 0.3 is 5.97 Å². The standard InChI is InChI=1S/C21H23FN2O5S/c1-2-29-21(26)15-6-5-7-17(14-15)23-20(25)19-8-3-4-13-24(19)30(27,28)18-11-9-16(22)10-12-18/h5-7,9-12,14,19H,2-4,8,13H2,1H3,(H,23,25)/t19-/m1/s1. The number of nitrogens with one attached hydrogen (secondary N) is 1. The first-order chi connectivity index (χ1) is 14.3. The van der Waals surface area contributed by atoms with E-state index in [1.54, 1.807) is 25.1 Å². The fourth-order valence-electron chi connectivity index (χ4n) is 3.36. The predicted octanol–water partition coefficient (Wildman–Crippen LogP) is 3.18. The van der Waals surface area contributed by atoms with Crippen molar-refractivity contribution in [3.63, 3.8) is 0 Å². The molecule has 30 heavy (non-hydrogen) atoms. The number of hydrogen-bond donors (Lipinski definition) is 1. The molecule has 1 N–H and O–H groups in total. The van der Waals surface area contributed by atoms with Gasteiger partial charge in [0.2, 0.25) is 15.9 Å². The molecule has 1 aliphatic rings. The second kappa shape index (κ2) is 9.36. The zero-order valence-electron chi connectivity index (χ0n) is 16.5. The van der Waals surface area contributed by atoms with Gasteiger partial charge in [0.25, 0.3) is 0 Å². The lowest BCUT2D eigenvalue weighted by atomic mass is 10.0. The van der Waals surface area contributed by atoms with Gasteiger partial charge in [-0.05, 0) is 62.2 Å². The third kappa shape index (κ3) is 4.85. The lowest BCUT2D eigenvalue weighted by Gasteiger charge is -2.33. The maximum absolute atomic E-state index is 13.2. The highest BCUT2D eigenvalue weighted by Crippen LogP contribution is 2.26. The topological polar surface area (TPSA) is 92.8 Å². The first-order valence-electron chi connectivity index (χ1n) is 9.68. The van der Waals surface area contributed by atoms with E-state index in [-0.39, 0.29) is 23.6 Å². The van der Waals surface area contributed by atoms with Crippen molar-refractivity contribution in [2.24, 2.45) is 0 Å². The summed E-state index contributed by atoms with van der Waals surface area (Å²) >= 11 is 0. The van der Waals surface area contributed by atoms with Gasteiger partial charge in [-0.1, -0.05) is 12.5 Å². The quantitative estimate of drug-likeness (QED) is 0.705. The first-order valence-corrected chi connectivity index (χ1v) is 11.1. The molecule has 9 heteroatoms. The zero-order valence-corrected chi connectivity index (χ0v) is 17.3. The molecule has 0 bridgehead atoms. The van der Waals surface area contributed by atoms with Crippen molar-refractivity contribution in [3.8, 4) is 0 Å². The SMILES string of the molecule is CCOC(=O)c1cccc(NC(=O)[C@H]2CCCCN2S(=O)(=O)c2ccc(F)cc2)c1. The van der Waals surface area contributed by atoms with Crippen LogP contribution in [-0.4, -0.2) is 43.8 Å². The van der Waals surface area contributed by atoms with Crippen LogP contribution in [0.25, 0.3) is 0 Å². The van der Waals surface area contributed by atoms with Crippen molar-refractivity contribution in [2.45, 2.75) is 37.1 Å². The van der Waals surface area contributed by atoms with Crippen molar-refractivity contribution in [1.29, 1.82) is 0 Å². The Kier molecular flexibility index (Phi) is 6.84. The van der Waals surface area contributed by atoms with E-state index >= 15 is 0 Å². The van der Waals surface area contributed by atoms with Crippen LogP contribution in [-0.2, 0) is 19.6 Å². The minimum absolute atomic E-state index is 0.0621. The Balaban J connectivity index is 1.81. The van der Waals surface area contributed by atoms with Crippen molar-refractivity contribution < 1.29 is 27.1 Å². The Hall–Kier alpha value is -2.78. The van der Waals surface area contributed by atoms with Gasteiger partial charge in [-0.3, -0.25) is 4.79 Å². The molecule has 160 valence electrons. The lowest BCUT2D eigenvalue weighted by Crippen LogP contribution is -2.49. The summed E-state index contributed by atoms with van der Waals surface area (Å²) in [5, 5.41) is 2.70. The van der Waals surface area contributed by atoms with Gasteiger partial charge < -0.3 is 10.1 Å². The summed E-state index contributed by atoms with van der Waals surface area (Å²) in [6.07, 6.45) is 1.70. The number of esters is 1. The summed E-state index contributed by atoms with van der Waals surface area (Å²) in [4.78, 5) is 24.8. The van der Waals surface area contributed by atoms with Crippen LogP contribution in [0.2, 0.25) is 0 Å². The van der Waals surface area contributed by atoms with E-state index in [2.05, 4.69) is 5.32 Å². The first kappa shape index (κ1) is 21.9. The molecular weight excluding hydrogens is 411 g/mol. The van der Waals surface area contributed by atoms with Crippen LogP contribution < -0.4 is 5.32 Å². The second-order valence-corrected chi connectivity index (χ2v) is 8.76. The molecule has 0 aromatic heterocycles. The Morgan fingerprint density at radius 1 is 1.17 bits per heavy atom. The summed E-state index contributed by atoms with van der Waals surface area (Å²) in [6, 6.07) is 9.91. The number of ether oxygens (including phenoxy) is 1. The Morgan fingerprint density at radius 3 is 2.60 bits per heavy atom. The van der Waals surface area contributed by atoms with Gasteiger partial charge in [0, 0.05) is 12.2 Å². The maximum atomic E-state index is 13.2. The highest BCUT2D eigenvalue weighted by atomic mass is 32.2. The summed E-state index contributed by atoms with van der Waals surface area (Å²) < 4.78 is 45.4. The van der Waals surface area contributed by atoms with E-state index in [1.807, 2.05) is 0 Å². The average Bonchev–Trinajstić information content (AvgIpc) is 2.74. The van der Waals surface area contributed by atoms with Crippen LogP contribution in [0, 0.1) is 5.82 Å². The van der Waals surface area contributed by atoms with Crippen LogP contribution in [0.5, 0.6) is 0 Å². The minimum atomic E-state index is -3.96. The molecule has 1 fully saturated rings. The van der Waals surface area contributed by atoms with Gasteiger partial charge in [0.05, 0.1) is 17.1 Å². The molecule has 0 saturated carbocycles. The summed E-state index contributed by atoms with van der Waals surface area (Å²) in [7, 11) is -3.96. The number of rotatable bonds is 6. The summed E-state index contributed by atoms with van der Waals surface area (Å²) in [5.41, 5.74) is 0.657. The highest BCUT2D eigenvalue weighted by molar-refractivity contribution is 7.89. The fraction of sp³-hybridized carbons (Fsp3) is 0.333. The number of carbonyl (C=O) groups excluding carboxylic acids is 2. The average molecular weight is 434 g/mol. The Bertz CT molecular complexity index is 1020. The van der Waals surface area contributed by atoms with E-state index in [4.69, 9.17) is 4.74 Å². The van der Waals surface area contributed by atoms with Gasteiger partial charge in [0.15, 0.2) is 0 Å². The molecule has 7 nitrogen and oxygen atoms in total. The molecule has 1 aliphatic heterocycles. The molecule has 2 aromatic carbocycles. The van der Waals surface area contributed by atoms with E-state index in [1.165, 1.54) is 18.2 Å². The van der Waals surface area contributed by atoms with Crippen LogP contribution in [0.1, 0.15) is 36.5 Å². The number of halogens is 1. The molecule has 0 radical (unpaired) electrons. The molecule has 0 unspecified atom stereocenters. The van der Waals surface area contributed by atoms with E-state index in [0.717, 1.165) is 16.4 Å². The molecule has 1 atom stereocenters. The number of benzene rings is 2. The van der Waals surface area contributed by atoms with Gasteiger partial charge in [-0.15, -0.1) is 0 Å². The maximum Gasteiger partial charge on any atom is 0.338 e. The molecule has 1 amide bonds. The summed E-state index contributed by atoms with van der Waals surface area (Å²) in [6.45, 7) is 2.12. The van der Waals surface area contributed by atoms with E-state index < -0.39 is 33.8 Å². The summed E-state index contributed by atoms with van der Waals surface area (Å²) in [5.74, 6) is -1.53. The molecule has 1 saturated heterocycles. The number of piperidine rings is 1. The van der Waals surface area contributed by atoms with Crippen molar-refractivity contribution >= 4 is 27.6 Å².